The Bertz CT molecular complexity index is 903. The number of aryl methyl sites for hydroxylation is 1. The van der Waals surface area contributed by atoms with Crippen LogP contribution in [0, 0.1) is 13.8 Å². The minimum Gasteiger partial charge on any atom is -0.424 e. The Hall–Kier alpha value is -2.04. The number of esters is 1. The number of benzene rings is 2. The molecule has 0 saturated carbocycles. The summed E-state index contributed by atoms with van der Waals surface area (Å²) in [4.78, 5) is 12.2. The number of carbonyl (C=O) groups is 1. The molecule has 6 heteroatoms. The van der Waals surface area contributed by atoms with Crippen LogP contribution < -0.4 is 4.74 Å². The molecule has 0 N–H and O–H groups in total. The van der Waals surface area contributed by atoms with E-state index in [4.69, 9.17) is 27.9 Å². The fraction of sp³-hybridized carbons (Fsp3) is 0.176. The third-order valence-electron chi connectivity index (χ3n) is 3.63. The van der Waals surface area contributed by atoms with E-state index in [1.807, 2.05) is 31.2 Å². The molecule has 0 aliphatic rings. The summed E-state index contributed by atoms with van der Waals surface area (Å²) in [5.41, 5.74) is 1.43. The molecule has 0 spiro atoms. The first-order valence-corrected chi connectivity index (χ1v) is 7.80. The van der Waals surface area contributed by atoms with E-state index in [1.165, 1.54) is 4.68 Å². The lowest BCUT2D eigenvalue weighted by atomic mass is 10.1. The fourth-order valence-corrected chi connectivity index (χ4v) is 2.79. The zero-order chi connectivity index (χ0) is 16.6. The number of aromatic nitrogens is 2. The van der Waals surface area contributed by atoms with Crippen LogP contribution >= 0.6 is 23.2 Å². The zero-order valence-electron chi connectivity index (χ0n) is 12.6. The molecule has 2 aromatic carbocycles. The highest BCUT2D eigenvalue weighted by Gasteiger charge is 2.15. The minimum atomic E-state index is -0.417. The average Bonchev–Trinajstić information content (AvgIpc) is 2.77. The van der Waals surface area contributed by atoms with Crippen LogP contribution in [0.3, 0.4) is 0 Å². The quantitative estimate of drug-likeness (QED) is 0.514. The second-order valence-electron chi connectivity index (χ2n) is 5.21. The Kier molecular flexibility index (Phi) is 4.28. The van der Waals surface area contributed by atoms with Crippen LogP contribution in [0.1, 0.15) is 11.4 Å². The van der Waals surface area contributed by atoms with Crippen LogP contribution in [0.2, 0.25) is 10.0 Å². The normalized spacial score (nSPS) is 11.0. The highest BCUT2D eigenvalue weighted by atomic mass is 35.5. The molecule has 0 bridgehead atoms. The summed E-state index contributed by atoms with van der Waals surface area (Å²) >= 11 is 12.3. The molecular formula is C17H14Cl2N2O2. The summed E-state index contributed by atoms with van der Waals surface area (Å²) in [6.45, 7) is 3.60. The van der Waals surface area contributed by atoms with E-state index in [9.17, 15) is 4.79 Å². The average molecular weight is 349 g/mol. The van der Waals surface area contributed by atoms with Crippen molar-refractivity contribution in [2.45, 2.75) is 20.4 Å². The van der Waals surface area contributed by atoms with Gasteiger partial charge in [0.1, 0.15) is 12.3 Å². The third kappa shape index (κ3) is 3.05. The van der Waals surface area contributed by atoms with E-state index < -0.39 is 5.97 Å². The molecule has 0 saturated heterocycles. The van der Waals surface area contributed by atoms with Gasteiger partial charge in [0.25, 0.3) is 0 Å². The van der Waals surface area contributed by atoms with Crippen molar-refractivity contribution in [3.8, 4) is 5.75 Å². The summed E-state index contributed by atoms with van der Waals surface area (Å²) in [7, 11) is 0. The van der Waals surface area contributed by atoms with Gasteiger partial charge in [-0.2, -0.15) is 5.10 Å². The molecule has 0 atom stereocenters. The molecule has 0 fully saturated rings. The maximum absolute atomic E-state index is 12.2. The van der Waals surface area contributed by atoms with E-state index in [0.29, 0.717) is 21.5 Å². The van der Waals surface area contributed by atoms with E-state index in [1.54, 1.807) is 19.1 Å². The van der Waals surface area contributed by atoms with Crippen LogP contribution in [0.25, 0.3) is 10.8 Å². The van der Waals surface area contributed by atoms with Crippen molar-refractivity contribution < 1.29 is 9.53 Å². The molecule has 0 aliphatic heterocycles. The predicted octanol–water partition coefficient (Wildman–Crippen LogP) is 4.57. The maximum atomic E-state index is 12.2. The van der Waals surface area contributed by atoms with Gasteiger partial charge in [-0.25, -0.2) is 4.79 Å². The predicted molar refractivity (Wildman–Crippen MR) is 91.3 cm³/mol. The van der Waals surface area contributed by atoms with Crippen LogP contribution in [0.5, 0.6) is 5.75 Å². The van der Waals surface area contributed by atoms with Gasteiger partial charge in [0.05, 0.1) is 16.4 Å². The van der Waals surface area contributed by atoms with E-state index in [2.05, 4.69) is 5.10 Å². The molecule has 1 heterocycles. The Morgan fingerprint density at radius 2 is 1.83 bits per heavy atom. The molecular weight excluding hydrogens is 335 g/mol. The van der Waals surface area contributed by atoms with Gasteiger partial charge in [0.15, 0.2) is 0 Å². The molecule has 118 valence electrons. The molecule has 23 heavy (non-hydrogen) atoms. The molecule has 3 rings (SSSR count). The van der Waals surface area contributed by atoms with Crippen LogP contribution in [0.15, 0.2) is 36.4 Å². The van der Waals surface area contributed by atoms with Crippen molar-refractivity contribution in [1.82, 2.24) is 9.78 Å². The first kappa shape index (κ1) is 15.8. The Morgan fingerprint density at radius 1 is 1.13 bits per heavy atom. The number of carbonyl (C=O) groups excluding carboxylic acids is 1. The van der Waals surface area contributed by atoms with Gasteiger partial charge < -0.3 is 4.74 Å². The highest BCUT2D eigenvalue weighted by Crippen LogP contribution is 2.31. The van der Waals surface area contributed by atoms with Crippen molar-refractivity contribution in [3.05, 3.63) is 57.8 Å². The van der Waals surface area contributed by atoms with Gasteiger partial charge in [-0.05, 0) is 26.0 Å². The molecule has 0 radical (unpaired) electrons. The third-order valence-corrected chi connectivity index (χ3v) is 4.50. The monoisotopic (exact) mass is 348 g/mol. The molecule has 0 aliphatic carbocycles. The first-order valence-electron chi connectivity index (χ1n) is 7.05. The lowest BCUT2D eigenvalue weighted by Gasteiger charge is -2.09. The van der Waals surface area contributed by atoms with Gasteiger partial charge in [0.2, 0.25) is 0 Å². The molecule has 1 aromatic heterocycles. The van der Waals surface area contributed by atoms with Gasteiger partial charge >= 0.3 is 5.97 Å². The molecule has 0 amide bonds. The Morgan fingerprint density at radius 3 is 2.48 bits per heavy atom. The van der Waals surface area contributed by atoms with Crippen molar-refractivity contribution in [2.75, 3.05) is 0 Å². The second-order valence-corrected chi connectivity index (χ2v) is 5.99. The van der Waals surface area contributed by atoms with E-state index in [-0.39, 0.29) is 6.54 Å². The lowest BCUT2D eigenvalue weighted by molar-refractivity contribution is -0.135. The highest BCUT2D eigenvalue weighted by molar-refractivity contribution is 6.35. The number of hydrogen-bond donors (Lipinski definition) is 0. The van der Waals surface area contributed by atoms with Gasteiger partial charge in [0, 0.05) is 15.8 Å². The van der Waals surface area contributed by atoms with Crippen LogP contribution in [-0.4, -0.2) is 15.7 Å². The largest absolute Gasteiger partial charge is 0.424 e. The summed E-state index contributed by atoms with van der Waals surface area (Å²) in [5.74, 6) is 0.0578. The van der Waals surface area contributed by atoms with Gasteiger partial charge in [-0.15, -0.1) is 0 Å². The smallest absolute Gasteiger partial charge is 0.333 e. The molecule has 0 unspecified atom stereocenters. The van der Waals surface area contributed by atoms with Crippen LogP contribution in [0.4, 0.5) is 0 Å². The number of ether oxygens (including phenoxy) is 1. The van der Waals surface area contributed by atoms with Crippen molar-refractivity contribution in [2.24, 2.45) is 0 Å². The lowest BCUT2D eigenvalue weighted by Crippen LogP contribution is -2.18. The summed E-state index contributed by atoms with van der Waals surface area (Å²) in [6, 6.07) is 10.9. The summed E-state index contributed by atoms with van der Waals surface area (Å²) in [6.07, 6.45) is 0. The minimum absolute atomic E-state index is 0.00362. The fourth-order valence-electron chi connectivity index (χ4n) is 2.43. The number of nitrogens with zero attached hydrogens (tertiary/aromatic N) is 2. The number of fused-ring (bicyclic) bond motifs is 1. The van der Waals surface area contributed by atoms with Gasteiger partial charge in [-0.3, -0.25) is 4.68 Å². The van der Waals surface area contributed by atoms with E-state index >= 15 is 0 Å². The second kappa shape index (κ2) is 6.22. The maximum Gasteiger partial charge on any atom is 0.333 e. The molecule has 4 nitrogen and oxygen atoms in total. The van der Waals surface area contributed by atoms with Crippen LogP contribution in [-0.2, 0) is 11.3 Å². The van der Waals surface area contributed by atoms with E-state index in [0.717, 1.165) is 16.5 Å². The van der Waals surface area contributed by atoms with Gasteiger partial charge in [-0.1, -0.05) is 47.5 Å². The topological polar surface area (TPSA) is 44.1 Å². The van der Waals surface area contributed by atoms with Crippen molar-refractivity contribution >= 4 is 39.9 Å². The molecule has 3 aromatic rings. The number of halogens is 2. The standard InChI is InChI=1S/C17H14Cl2N2O2/c1-10-17(19)11(2)21(20-10)9-16(22)23-15-8-7-14(18)12-5-3-4-6-13(12)15/h3-8H,9H2,1-2H3. The van der Waals surface area contributed by atoms with Crippen molar-refractivity contribution in [1.29, 1.82) is 0 Å². The number of hydrogen-bond acceptors (Lipinski definition) is 3. The van der Waals surface area contributed by atoms with Crippen molar-refractivity contribution in [3.63, 3.8) is 0 Å². The Labute approximate surface area is 143 Å². The summed E-state index contributed by atoms with van der Waals surface area (Å²) in [5, 5.41) is 7.04. The Balaban J connectivity index is 1.86. The SMILES string of the molecule is Cc1nn(CC(=O)Oc2ccc(Cl)c3ccccc23)c(C)c1Cl. The zero-order valence-corrected chi connectivity index (χ0v) is 14.1. The first-order chi connectivity index (χ1) is 11.0. The number of rotatable bonds is 3. The summed E-state index contributed by atoms with van der Waals surface area (Å²) < 4.78 is 7.03.